The van der Waals surface area contributed by atoms with Crippen molar-refractivity contribution in [3.8, 4) is 17.2 Å². The van der Waals surface area contributed by atoms with E-state index in [4.69, 9.17) is 14.2 Å². The van der Waals surface area contributed by atoms with Crippen molar-refractivity contribution in [2.45, 2.75) is 19.3 Å². The van der Waals surface area contributed by atoms with E-state index in [9.17, 15) is 9.18 Å². The Hall–Kier alpha value is -3.17. The molecule has 7 nitrogen and oxygen atoms in total. The largest absolute Gasteiger partial charge is 0.486 e. The molecule has 3 heterocycles. The third-order valence-corrected chi connectivity index (χ3v) is 6.50. The number of rotatable bonds is 6. The molecule has 3 aromatic rings. The van der Waals surface area contributed by atoms with Crippen molar-refractivity contribution in [2.24, 2.45) is 0 Å². The number of aromatic nitrogens is 1. The average molecular weight is 470 g/mol. The van der Waals surface area contributed by atoms with E-state index in [1.54, 1.807) is 23.5 Å². The molecule has 1 atom stereocenters. The molecular weight excluding hydrogens is 445 g/mol. The van der Waals surface area contributed by atoms with Crippen LogP contribution < -0.4 is 14.2 Å². The number of amides is 1. The number of fused-ring (bicyclic) bond motifs is 1. The first-order chi connectivity index (χ1) is 16.1. The summed E-state index contributed by atoms with van der Waals surface area (Å²) in [7, 11) is 0. The van der Waals surface area contributed by atoms with Gasteiger partial charge in [-0.25, -0.2) is 9.37 Å². The molecule has 0 bridgehead atoms. The first-order valence-electron chi connectivity index (χ1n) is 10.9. The number of ether oxygens (including phenoxy) is 3. The molecule has 0 radical (unpaired) electrons. The summed E-state index contributed by atoms with van der Waals surface area (Å²) < 4.78 is 30.2. The van der Waals surface area contributed by atoms with Gasteiger partial charge in [0.15, 0.2) is 11.5 Å². The van der Waals surface area contributed by atoms with Crippen LogP contribution in [0.5, 0.6) is 17.2 Å². The van der Waals surface area contributed by atoms with Crippen molar-refractivity contribution in [3.63, 3.8) is 0 Å². The Balaban J connectivity index is 1.08. The summed E-state index contributed by atoms with van der Waals surface area (Å²) in [5.41, 5.74) is 0.984. The normalized spacial score (nSPS) is 18.2. The molecular formula is C24H24FN3O4S. The highest BCUT2D eigenvalue weighted by atomic mass is 32.1. The minimum absolute atomic E-state index is 0.0296. The molecule has 0 spiro atoms. The van der Waals surface area contributed by atoms with Crippen LogP contribution >= 0.6 is 11.3 Å². The van der Waals surface area contributed by atoms with E-state index in [1.165, 1.54) is 12.1 Å². The first kappa shape index (κ1) is 21.7. The maximum Gasteiger partial charge on any atom is 0.267 e. The number of carbonyl (C=O) groups excluding carboxylic acids is 1. The lowest BCUT2D eigenvalue weighted by molar-refractivity contribution is -0.143. The van der Waals surface area contributed by atoms with Crippen LogP contribution in [0.3, 0.4) is 0 Å². The van der Waals surface area contributed by atoms with Gasteiger partial charge in [0.2, 0.25) is 6.10 Å². The summed E-state index contributed by atoms with van der Waals surface area (Å²) in [5.74, 6) is 1.59. The van der Waals surface area contributed by atoms with Gasteiger partial charge in [-0.1, -0.05) is 12.1 Å². The highest BCUT2D eigenvalue weighted by Gasteiger charge is 2.32. The van der Waals surface area contributed by atoms with Crippen LogP contribution in [0.4, 0.5) is 4.39 Å². The summed E-state index contributed by atoms with van der Waals surface area (Å²) in [6, 6.07) is 13.4. The van der Waals surface area contributed by atoms with E-state index in [0.29, 0.717) is 36.9 Å². The van der Waals surface area contributed by atoms with Crippen LogP contribution in [0.1, 0.15) is 10.7 Å². The average Bonchev–Trinajstić information content (AvgIpc) is 3.30. The zero-order chi connectivity index (χ0) is 22.6. The van der Waals surface area contributed by atoms with Crippen molar-refractivity contribution in [1.29, 1.82) is 0 Å². The van der Waals surface area contributed by atoms with Gasteiger partial charge in [-0.2, -0.15) is 0 Å². The lowest BCUT2D eigenvalue weighted by Gasteiger charge is -2.36. The minimum Gasteiger partial charge on any atom is -0.486 e. The van der Waals surface area contributed by atoms with Gasteiger partial charge in [0.1, 0.15) is 29.8 Å². The predicted molar refractivity (Wildman–Crippen MR) is 121 cm³/mol. The molecule has 0 unspecified atom stereocenters. The molecule has 1 aromatic heterocycles. The number of hydrogen-bond acceptors (Lipinski definition) is 7. The van der Waals surface area contributed by atoms with Gasteiger partial charge in [-0.05, 0) is 36.4 Å². The highest BCUT2D eigenvalue weighted by Crippen LogP contribution is 2.31. The second kappa shape index (κ2) is 9.76. The van der Waals surface area contributed by atoms with Crippen LogP contribution in [0.2, 0.25) is 0 Å². The third kappa shape index (κ3) is 5.26. The summed E-state index contributed by atoms with van der Waals surface area (Å²) >= 11 is 1.55. The van der Waals surface area contributed by atoms with E-state index in [2.05, 4.69) is 9.88 Å². The fourth-order valence-corrected chi connectivity index (χ4v) is 4.56. The highest BCUT2D eigenvalue weighted by molar-refractivity contribution is 7.09. The molecule has 1 saturated heterocycles. The van der Waals surface area contributed by atoms with Gasteiger partial charge in [0, 0.05) is 38.1 Å². The molecule has 5 rings (SSSR count). The van der Waals surface area contributed by atoms with Crippen LogP contribution in [-0.4, -0.2) is 59.6 Å². The molecule has 1 amide bonds. The fraction of sp³-hybridized carbons (Fsp3) is 0.333. The Bertz CT molecular complexity index is 1100. The second-order valence-electron chi connectivity index (χ2n) is 7.94. The summed E-state index contributed by atoms with van der Waals surface area (Å²) in [5, 5.41) is 2.91. The lowest BCUT2D eigenvalue weighted by atomic mass is 10.2. The zero-order valence-electron chi connectivity index (χ0n) is 18.0. The number of piperazine rings is 1. The van der Waals surface area contributed by atoms with Gasteiger partial charge in [-0.3, -0.25) is 9.69 Å². The molecule has 0 saturated carbocycles. The molecule has 2 aliphatic heterocycles. The molecule has 172 valence electrons. The van der Waals surface area contributed by atoms with Crippen molar-refractivity contribution in [3.05, 3.63) is 70.4 Å². The number of hydrogen-bond donors (Lipinski definition) is 0. The monoisotopic (exact) mass is 469 g/mol. The zero-order valence-corrected chi connectivity index (χ0v) is 18.8. The molecule has 33 heavy (non-hydrogen) atoms. The second-order valence-corrected chi connectivity index (χ2v) is 8.88. The predicted octanol–water partition coefficient (Wildman–Crippen LogP) is 3.35. The van der Waals surface area contributed by atoms with Gasteiger partial charge < -0.3 is 19.1 Å². The number of thiazole rings is 1. The van der Waals surface area contributed by atoms with Gasteiger partial charge in [0.25, 0.3) is 5.91 Å². The van der Waals surface area contributed by atoms with E-state index in [-0.39, 0.29) is 18.3 Å². The van der Waals surface area contributed by atoms with E-state index >= 15 is 0 Å². The first-order valence-corrected chi connectivity index (χ1v) is 11.7. The quantitative estimate of drug-likeness (QED) is 0.552. The SMILES string of the molecule is O=C([C@H]1COc2ccccc2O1)N1CCN(Cc2csc(COc3ccc(F)cc3)n2)CC1. The molecule has 9 heteroatoms. The van der Waals surface area contributed by atoms with Crippen molar-refractivity contribution in [2.75, 3.05) is 32.8 Å². The van der Waals surface area contributed by atoms with Crippen LogP contribution in [0.25, 0.3) is 0 Å². The van der Waals surface area contributed by atoms with Crippen LogP contribution in [-0.2, 0) is 17.9 Å². The maximum absolute atomic E-state index is 13.0. The Morgan fingerprint density at radius 1 is 1.09 bits per heavy atom. The minimum atomic E-state index is -0.603. The van der Waals surface area contributed by atoms with Gasteiger partial charge >= 0.3 is 0 Å². The Kier molecular flexibility index (Phi) is 6.41. The summed E-state index contributed by atoms with van der Waals surface area (Å²) in [6.45, 7) is 4.15. The van der Waals surface area contributed by atoms with Crippen LogP contribution in [0.15, 0.2) is 53.9 Å². The number of carbonyl (C=O) groups is 1. The van der Waals surface area contributed by atoms with E-state index in [1.807, 2.05) is 34.5 Å². The third-order valence-electron chi connectivity index (χ3n) is 5.63. The number of halogens is 1. The van der Waals surface area contributed by atoms with E-state index < -0.39 is 6.10 Å². The smallest absolute Gasteiger partial charge is 0.267 e. The fourth-order valence-electron chi connectivity index (χ4n) is 3.86. The molecule has 0 N–H and O–H groups in total. The Morgan fingerprint density at radius 3 is 2.64 bits per heavy atom. The summed E-state index contributed by atoms with van der Waals surface area (Å²) in [4.78, 5) is 21.7. The summed E-state index contributed by atoms with van der Waals surface area (Å²) in [6.07, 6.45) is -0.603. The van der Waals surface area contributed by atoms with Crippen LogP contribution in [0, 0.1) is 5.82 Å². The van der Waals surface area contributed by atoms with Crippen molar-refractivity contribution >= 4 is 17.2 Å². The van der Waals surface area contributed by atoms with Gasteiger partial charge in [-0.15, -0.1) is 11.3 Å². The van der Waals surface area contributed by atoms with Crippen molar-refractivity contribution < 1.29 is 23.4 Å². The standard InChI is InChI=1S/C24H24FN3O4S/c25-17-5-7-19(8-6-17)30-15-23-26-18(16-33-23)13-27-9-11-28(12-10-27)24(29)22-14-31-20-3-1-2-4-21(20)32-22/h1-8,16,22H,9-15H2/t22-/m1/s1. The molecule has 2 aliphatic rings. The van der Waals surface area contributed by atoms with Crippen molar-refractivity contribution in [1.82, 2.24) is 14.8 Å². The van der Waals surface area contributed by atoms with E-state index in [0.717, 1.165) is 30.3 Å². The van der Waals surface area contributed by atoms with Gasteiger partial charge in [0.05, 0.1) is 5.69 Å². The topological polar surface area (TPSA) is 64.1 Å². The Morgan fingerprint density at radius 2 is 1.85 bits per heavy atom. The molecule has 2 aromatic carbocycles. The number of nitrogens with zero attached hydrogens (tertiary/aromatic N) is 3. The number of para-hydroxylation sites is 2. The number of benzene rings is 2. The molecule has 0 aliphatic carbocycles. The lowest BCUT2D eigenvalue weighted by Crippen LogP contribution is -2.53. The maximum atomic E-state index is 13.0. The Labute approximate surface area is 195 Å². The molecule has 1 fully saturated rings.